The van der Waals surface area contributed by atoms with Gasteiger partial charge in [0.25, 0.3) is 0 Å². The lowest BCUT2D eigenvalue weighted by atomic mass is 9.78. The molecule has 0 aromatic heterocycles. The van der Waals surface area contributed by atoms with Gasteiger partial charge >= 0.3 is 0 Å². The van der Waals surface area contributed by atoms with Gasteiger partial charge in [-0.2, -0.15) is 0 Å². The third-order valence-corrected chi connectivity index (χ3v) is 10.7. The molecule has 2 aromatic rings. The fourth-order valence-corrected chi connectivity index (χ4v) is 7.97. The Morgan fingerprint density at radius 2 is 0.826 bits per heavy atom. The van der Waals surface area contributed by atoms with Crippen LogP contribution in [0.3, 0.4) is 0 Å². The molecule has 2 heteroatoms. The first-order valence-electron chi connectivity index (χ1n) is 20.1. The summed E-state index contributed by atoms with van der Waals surface area (Å²) in [4.78, 5) is 5.56. The Morgan fingerprint density at radius 3 is 1.22 bits per heavy atom. The van der Waals surface area contributed by atoms with Crippen LogP contribution in [-0.4, -0.2) is 28.6 Å². The molecule has 2 unspecified atom stereocenters. The number of hydrogen-bond acceptors (Lipinski definition) is 2. The van der Waals surface area contributed by atoms with Crippen molar-refractivity contribution >= 4 is 0 Å². The van der Waals surface area contributed by atoms with Crippen LogP contribution in [0.2, 0.25) is 0 Å². The van der Waals surface area contributed by atoms with Gasteiger partial charge in [0.2, 0.25) is 0 Å². The fourth-order valence-electron chi connectivity index (χ4n) is 7.97. The average Bonchev–Trinajstić information content (AvgIpc) is 3.42. The van der Waals surface area contributed by atoms with Gasteiger partial charge in [0.1, 0.15) is 5.66 Å². The molecule has 0 fully saturated rings. The van der Waals surface area contributed by atoms with Crippen molar-refractivity contribution in [3.63, 3.8) is 0 Å². The van der Waals surface area contributed by atoms with E-state index in [0.717, 1.165) is 25.9 Å². The molecular weight excluding hydrogens is 556 g/mol. The summed E-state index contributed by atoms with van der Waals surface area (Å²) in [5.74, 6) is 0.444. The van der Waals surface area contributed by atoms with Crippen LogP contribution in [0.25, 0.3) is 0 Å². The maximum absolute atomic E-state index is 2.78. The quantitative estimate of drug-likeness (QED) is 0.0865. The lowest BCUT2D eigenvalue weighted by Crippen LogP contribution is -2.59. The molecule has 1 aliphatic heterocycles. The summed E-state index contributed by atoms with van der Waals surface area (Å²) in [7, 11) is 0. The number of nitrogens with zero attached hydrogens (tertiary/aromatic N) is 2. The van der Waals surface area contributed by atoms with Gasteiger partial charge in [-0.3, -0.25) is 0 Å². The summed E-state index contributed by atoms with van der Waals surface area (Å²) in [5.41, 5.74) is 2.88. The maximum atomic E-state index is 2.78. The van der Waals surface area contributed by atoms with Crippen LogP contribution in [0.1, 0.15) is 179 Å². The van der Waals surface area contributed by atoms with E-state index in [9.17, 15) is 0 Å². The Morgan fingerprint density at radius 1 is 0.457 bits per heavy atom. The molecule has 2 atom stereocenters. The second kappa shape index (κ2) is 24.0. The van der Waals surface area contributed by atoms with E-state index < -0.39 is 0 Å². The molecule has 0 saturated heterocycles. The minimum atomic E-state index is -0.0601. The van der Waals surface area contributed by atoms with Gasteiger partial charge in [0.15, 0.2) is 0 Å². The number of unbranched alkanes of at least 4 members (excludes halogenated alkanes) is 19. The third-order valence-electron chi connectivity index (χ3n) is 10.7. The van der Waals surface area contributed by atoms with Gasteiger partial charge in [-0.1, -0.05) is 203 Å². The van der Waals surface area contributed by atoms with Gasteiger partial charge < -0.3 is 9.80 Å². The largest absolute Gasteiger partial charge is 0.353 e. The van der Waals surface area contributed by atoms with Crippen LogP contribution in [0.4, 0.5) is 0 Å². The summed E-state index contributed by atoms with van der Waals surface area (Å²) >= 11 is 0. The van der Waals surface area contributed by atoms with Crippen molar-refractivity contribution < 1.29 is 0 Å². The molecule has 258 valence electrons. The lowest BCUT2D eigenvalue weighted by Gasteiger charge is -2.51. The van der Waals surface area contributed by atoms with Crippen LogP contribution in [0.15, 0.2) is 73.1 Å². The normalized spacial score (nSPS) is 16.8. The maximum Gasteiger partial charge on any atom is 0.123 e. The first-order valence-corrected chi connectivity index (χ1v) is 20.1. The van der Waals surface area contributed by atoms with Crippen molar-refractivity contribution in [1.29, 1.82) is 0 Å². The highest BCUT2D eigenvalue weighted by Gasteiger charge is 2.49. The van der Waals surface area contributed by atoms with Crippen LogP contribution >= 0.6 is 0 Å². The number of hydrogen-bond donors (Lipinski definition) is 0. The molecule has 0 bridgehead atoms. The Kier molecular flexibility index (Phi) is 19.9. The summed E-state index contributed by atoms with van der Waals surface area (Å²) in [6, 6.07) is 22.8. The molecule has 1 heterocycles. The number of benzene rings is 2. The Labute approximate surface area is 286 Å². The summed E-state index contributed by atoms with van der Waals surface area (Å²) in [5, 5.41) is 0. The van der Waals surface area contributed by atoms with Crippen molar-refractivity contribution in [2.75, 3.05) is 13.1 Å². The predicted molar refractivity (Wildman–Crippen MR) is 203 cm³/mol. The second-order valence-electron chi connectivity index (χ2n) is 14.3. The molecule has 3 rings (SSSR count). The van der Waals surface area contributed by atoms with Crippen molar-refractivity contribution in [2.45, 2.75) is 180 Å². The highest BCUT2D eigenvalue weighted by molar-refractivity contribution is 5.30. The Balaban J connectivity index is 1.63. The first-order chi connectivity index (χ1) is 22.8. The zero-order chi connectivity index (χ0) is 32.5. The molecule has 2 nitrogen and oxygen atoms in total. The van der Waals surface area contributed by atoms with Crippen molar-refractivity contribution in [2.24, 2.45) is 0 Å². The summed E-state index contributed by atoms with van der Waals surface area (Å²) in [6.45, 7) is 9.34. The molecule has 2 aromatic carbocycles. The van der Waals surface area contributed by atoms with E-state index >= 15 is 0 Å². The zero-order valence-electron chi connectivity index (χ0n) is 30.6. The van der Waals surface area contributed by atoms with Gasteiger partial charge in [-0.05, 0) is 30.4 Å². The van der Waals surface area contributed by atoms with Gasteiger partial charge in [-0.15, -0.1) is 0 Å². The van der Waals surface area contributed by atoms with Crippen molar-refractivity contribution in [3.05, 3.63) is 84.2 Å². The summed E-state index contributed by atoms with van der Waals surface area (Å²) in [6.07, 6.45) is 36.4. The van der Waals surface area contributed by atoms with E-state index in [1.54, 1.807) is 0 Å². The highest BCUT2D eigenvalue weighted by Crippen LogP contribution is 2.45. The summed E-state index contributed by atoms with van der Waals surface area (Å²) < 4.78 is 0. The van der Waals surface area contributed by atoms with Crippen molar-refractivity contribution in [3.8, 4) is 0 Å². The van der Waals surface area contributed by atoms with Gasteiger partial charge in [-0.25, -0.2) is 0 Å². The van der Waals surface area contributed by atoms with E-state index in [1.807, 2.05) is 0 Å². The molecule has 0 saturated carbocycles. The molecule has 0 spiro atoms. The monoisotopic (exact) mass is 629 g/mol. The third kappa shape index (κ3) is 13.1. The fraction of sp³-hybridized carbons (Fsp3) is 0.682. The van der Waals surface area contributed by atoms with E-state index in [-0.39, 0.29) is 5.66 Å². The minimum Gasteiger partial charge on any atom is -0.353 e. The predicted octanol–water partition coefficient (Wildman–Crippen LogP) is 13.4. The van der Waals surface area contributed by atoms with E-state index in [2.05, 4.69) is 104 Å². The standard InChI is InChI=1S/C44H72N2/c1-4-7-9-11-13-15-16-17-19-21-23-31-37-46-39-38-45(36-30-22-20-18-14-12-10-8-5-2)44(46,40-41-32-26-24-27-33-41)43(6-3)42-34-28-25-29-35-42/h24-29,32-35,38-39,43H,4-23,30-31,36-37,40H2,1-3H3. The second-order valence-corrected chi connectivity index (χ2v) is 14.3. The van der Waals surface area contributed by atoms with Crippen LogP contribution in [0.5, 0.6) is 0 Å². The molecule has 46 heavy (non-hydrogen) atoms. The molecule has 0 amide bonds. The van der Waals surface area contributed by atoms with Gasteiger partial charge in [0.05, 0.1) is 0 Å². The van der Waals surface area contributed by atoms with Gasteiger partial charge in [0, 0.05) is 37.8 Å². The minimum absolute atomic E-state index is 0.0601. The first kappa shape index (κ1) is 38.2. The zero-order valence-corrected chi connectivity index (χ0v) is 30.6. The molecule has 0 N–H and O–H groups in total. The molecule has 0 radical (unpaired) electrons. The van der Waals surface area contributed by atoms with Crippen LogP contribution < -0.4 is 0 Å². The topological polar surface area (TPSA) is 6.48 Å². The Hall–Kier alpha value is -2.22. The van der Waals surface area contributed by atoms with Crippen molar-refractivity contribution in [1.82, 2.24) is 9.80 Å². The smallest absolute Gasteiger partial charge is 0.123 e. The van der Waals surface area contributed by atoms with Crippen LogP contribution in [0, 0.1) is 0 Å². The highest BCUT2D eigenvalue weighted by atomic mass is 15.4. The molecular formula is C44H72N2. The number of rotatable bonds is 28. The van der Waals surface area contributed by atoms with E-state index in [1.165, 1.54) is 146 Å². The Bertz CT molecular complexity index is 1000. The lowest BCUT2D eigenvalue weighted by molar-refractivity contribution is -0.00378. The molecule has 1 aliphatic rings. The molecule has 0 aliphatic carbocycles. The van der Waals surface area contributed by atoms with E-state index in [0.29, 0.717) is 5.92 Å². The van der Waals surface area contributed by atoms with Crippen LogP contribution in [-0.2, 0) is 6.42 Å². The SMILES string of the molecule is CCCCCCCCCCCCCCN1C=CN(CCCCCCCCCCC)C1(Cc1ccccc1)C(CC)c1ccccc1. The average molecular weight is 629 g/mol. The van der Waals surface area contributed by atoms with E-state index in [4.69, 9.17) is 0 Å².